The van der Waals surface area contributed by atoms with Crippen LogP contribution in [0.15, 0.2) is 34.9 Å². The van der Waals surface area contributed by atoms with Gasteiger partial charge in [-0.15, -0.1) is 0 Å². The highest BCUT2D eigenvalue weighted by Gasteiger charge is 2.15. The molecule has 0 radical (unpaired) electrons. The first-order valence-corrected chi connectivity index (χ1v) is 7.35. The first-order chi connectivity index (χ1) is 10.1. The number of aromatic nitrogens is 1. The Morgan fingerprint density at radius 1 is 1.24 bits per heavy atom. The van der Waals surface area contributed by atoms with E-state index >= 15 is 0 Å². The summed E-state index contributed by atoms with van der Waals surface area (Å²) in [7, 11) is 0. The highest BCUT2D eigenvalue weighted by Crippen LogP contribution is 2.15. The van der Waals surface area contributed by atoms with Gasteiger partial charge >= 0.3 is 0 Å². The van der Waals surface area contributed by atoms with Gasteiger partial charge in [0, 0.05) is 25.1 Å². The summed E-state index contributed by atoms with van der Waals surface area (Å²) < 4.78 is 5.14. The largest absolute Gasteiger partial charge is 0.361 e. The maximum absolute atomic E-state index is 12.4. The van der Waals surface area contributed by atoms with Crippen LogP contribution in [0.3, 0.4) is 0 Å². The number of nitrogens with zero attached hydrogens (tertiary/aromatic N) is 2. The predicted molar refractivity (Wildman–Crippen MR) is 81.8 cm³/mol. The summed E-state index contributed by atoms with van der Waals surface area (Å²) in [6, 6.07) is 10.1. The fourth-order valence-electron chi connectivity index (χ4n) is 2.43. The van der Waals surface area contributed by atoms with Crippen molar-refractivity contribution in [2.24, 2.45) is 0 Å². The van der Waals surface area contributed by atoms with Crippen LogP contribution < -0.4 is 0 Å². The van der Waals surface area contributed by atoms with Crippen molar-refractivity contribution in [3.8, 4) is 0 Å². The molecule has 0 fully saturated rings. The second-order valence-electron chi connectivity index (χ2n) is 5.20. The van der Waals surface area contributed by atoms with Crippen LogP contribution in [0.1, 0.15) is 35.9 Å². The Labute approximate surface area is 125 Å². The molecule has 0 saturated heterocycles. The van der Waals surface area contributed by atoms with Gasteiger partial charge in [0.2, 0.25) is 5.91 Å². The molecule has 1 aromatic heterocycles. The molecule has 21 heavy (non-hydrogen) atoms. The fraction of sp³-hybridized carbons (Fsp3) is 0.412. The van der Waals surface area contributed by atoms with Crippen molar-refractivity contribution in [2.75, 3.05) is 6.54 Å². The van der Waals surface area contributed by atoms with Gasteiger partial charge in [0.15, 0.2) is 0 Å². The molecule has 0 aliphatic heterocycles. The van der Waals surface area contributed by atoms with Gasteiger partial charge in [-0.25, -0.2) is 0 Å². The maximum atomic E-state index is 12.4. The number of carbonyl (C=O) groups is 1. The van der Waals surface area contributed by atoms with E-state index < -0.39 is 0 Å². The van der Waals surface area contributed by atoms with E-state index in [1.54, 1.807) is 0 Å². The number of hydrogen-bond donors (Lipinski definition) is 0. The zero-order chi connectivity index (χ0) is 15.2. The molecule has 0 aliphatic rings. The third kappa shape index (κ3) is 3.94. The van der Waals surface area contributed by atoms with E-state index in [0.29, 0.717) is 19.4 Å². The van der Waals surface area contributed by atoms with Gasteiger partial charge in [0.1, 0.15) is 5.76 Å². The minimum atomic E-state index is 0.168. The average molecular weight is 286 g/mol. The number of carbonyl (C=O) groups excluding carboxylic acids is 1. The first kappa shape index (κ1) is 15.3. The minimum Gasteiger partial charge on any atom is -0.361 e. The highest BCUT2D eigenvalue weighted by atomic mass is 16.5. The Balaban J connectivity index is 1.94. The molecule has 4 nitrogen and oxygen atoms in total. The van der Waals surface area contributed by atoms with Crippen molar-refractivity contribution in [3.63, 3.8) is 0 Å². The van der Waals surface area contributed by atoms with E-state index in [1.807, 2.05) is 56.0 Å². The smallest absolute Gasteiger partial charge is 0.223 e. The molecule has 0 spiro atoms. The van der Waals surface area contributed by atoms with E-state index in [-0.39, 0.29) is 5.91 Å². The maximum Gasteiger partial charge on any atom is 0.223 e. The Morgan fingerprint density at radius 2 is 1.95 bits per heavy atom. The third-order valence-corrected chi connectivity index (χ3v) is 3.72. The molecule has 2 rings (SSSR count). The molecule has 0 bridgehead atoms. The average Bonchev–Trinajstić information content (AvgIpc) is 2.82. The summed E-state index contributed by atoms with van der Waals surface area (Å²) in [5.41, 5.74) is 3.09. The first-order valence-electron chi connectivity index (χ1n) is 7.35. The van der Waals surface area contributed by atoms with E-state index in [9.17, 15) is 4.79 Å². The van der Waals surface area contributed by atoms with Gasteiger partial charge in [-0.1, -0.05) is 35.5 Å². The molecule has 0 atom stereocenters. The summed E-state index contributed by atoms with van der Waals surface area (Å²) in [6.07, 6.45) is 1.18. The number of hydrogen-bond acceptors (Lipinski definition) is 3. The van der Waals surface area contributed by atoms with Crippen LogP contribution in [0, 0.1) is 13.8 Å². The van der Waals surface area contributed by atoms with E-state index in [2.05, 4.69) is 5.16 Å². The summed E-state index contributed by atoms with van der Waals surface area (Å²) in [5, 5.41) is 3.93. The van der Waals surface area contributed by atoms with Crippen LogP contribution in [0.2, 0.25) is 0 Å². The highest BCUT2D eigenvalue weighted by molar-refractivity contribution is 5.76. The second kappa shape index (κ2) is 7.07. The Hall–Kier alpha value is -2.10. The van der Waals surface area contributed by atoms with Crippen LogP contribution in [0.25, 0.3) is 0 Å². The van der Waals surface area contributed by atoms with E-state index in [1.165, 1.54) is 0 Å². The van der Waals surface area contributed by atoms with Crippen molar-refractivity contribution < 1.29 is 9.32 Å². The molecule has 0 N–H and O–H groups in total. The van der Waals surface area contributed by atoms with Gasteiger partial charge in [-0.3, -0.25) is 4.79 Å². The number of amides is 1. The van der Waals surface area contributed by atoms with E-state index in [0.717, 1.165) is 29.1 Å². The summed E-state index contributed by atoms with van der Waals surface area (Å²) in [4.78, 5) is 14.3. The zero-order valence-corrected chi connectivity index (χ0v) is 12.9. The Kier molecular flexibility index (Phi) is 5.14. The van der Waals surface area contributed by atoms with Gasteiger partial charge in [-0.2, -0.15) is 0 Å². The van der Waals surface area contributed by atoms with E-state index in [4.69, 9.17) is 4.52 Å². The fourth-order valence-corrected chi connectivity index (χ4v) is 2.43. The van der Waals surface area contributed by atoms with Crippen molar-refractivity contribution in [2.45, 2.75) is 40.2 Å². The quantitative estimate of drug-likeness (QED) is 0.818. The lowest BCUT2D eigenvalue weighted by Gasteiger charge is -2.21. The van der Waals surface area contributed by atoms with Crippen LogP contribution in [0.4, 0.5) is 0 Å². The second-order valence-corrected chi connectivity index (χ2v) is 5.20. The van der Waals surface area contributed by atoms with Crippen molar-refractivity contribution in [1.82, 2.24) is 10.1 Å². The monoisotopic (exact) mass is 286 g/mol. The summed E-state index contributed by atoms with van der Waals surface area (Å²) >= 11 is 0. The van der Waals surface area contributed by atoms with Crippen LogP contribution in [-0.4, -0.2) is 22.5 Å². The van der Waals surface area contributed by atoms with Crippen molar-refractivity contribution in [1.29, 1.82) is 0 Å². The summed E-state index contributed by atoms with van der Waals surface area (Å²) in [6.45, 7) is 7.20. The predicted octanol–water partition coefficient (Wildman–Crippen LogP) is 3.27. The molecule has 0 aliphatic carbocycles. The SMILES string of the molecule is CCN(Cc1ccccc1)C(=O)CCc1c(C)noc1C. The van der Waals surface area contributed by atoms with Crippen molar-refractivity contribution in [3.05, 3.63) is 52.9 Å². The molecule has 1 heterocycles. The Morgan fingerprint density at radius 3 is 2.52 bits per heavy atom. The molecule has 1 amide bonds. The number of benzene rings is 1. The lowest BCUT2D eigenvalue weighted by molar-refractivity contribution is -0.131. The van der Waals surface area contributed by atoms with Gasteiger partial charge in [-0.05, 0) is 32.8 Å². The van der Waals surface area contributed by atoms with Crippen LogP contribution in [0.5, 0.6) is 0 Å². The number of aryl methyl sites for hydroxylation is 2. The molecule has 112 valence electrons. The van der Waals surface area contributed by atoms with Gasteiger partial charge in [0.25, 0.3) is 0 Å². The molecule has 0 unspecified atom stereocenters. The molecule has 0 saturated carbocycles. The lowest BCUT2D eigenvalue weighted by atomic mass is 10.1. The standard InChI is InChI=1S/C17H22N2O2/c1-4-19(12-15-8-6-5-7-9-15)17(20)11-10-16-13(2)18-21-14(16)3/h5-9H,4,10-12H2,1-3H3. The molecule has 1 aromatic carbocycles. The third-order valence-electron chi connectivity index (χ3n) is 3.72. The molecule has 2 aromatic rings. The molecule has 4 heteroatoms. The van der Waals surface area contributed by atoms with Crippen LogP contribution >= 0.6 is 0 Å². The topological polar surface area (TPSA) is 46.3 Å². The lowest BCUT2D eigenvalue weighted by Crippen LogP contribution is -2.30. The zero-order valence-electron chi connectivity index (χ0n) is 12.9. The van der Waals surface area contributed by atoms with Crippen molar-refractivity contribution >= 4 is 5.91 Å². The molecular formula is C17H22N2O2. The Bertz CT molecular complexity index is 571. The van der Waals surface area contributed by atoms with Gasteiger partial charge in [0.05, 0.1) is 5.69 Å². The van der Waals surface area contributed by atoms with Gasteiger partial charge < -0.3 is 9.42 Å². The number of rotatable bonds is 6. The normalized spacial score (nSPS) is 10.6. The minimum absolute atomic E-state index is 0.168. The molecular weight excluding hydrogens is 264 g/mol. The summed E-state index contributed by atoms with van der Waals surface area (Å²) in [5.74, 6) is 0.979. The van der Waals surface area contributed by atoms with Crippen LogP contribution in [-0.2, 0) is 17.8 Å².